The summed E-state index contributed by atoms with van der Waals surface area (Å²) in [6.45, 7) is 0. The molecular weight excluding hydrogens is 266 g/mol. The molecule has 0 radical (unpaired) electrons. The summed E-state index contributed by atoms with van der Waals surface area (Å²) in [6.07, 6.45) is 11.6. The largest absolute Gasteiger partial charge is 0.370 e. The molecule has 0 heterocycles. The molecule has 0 aliphatic carbocycles. The summed E-state index contributed by atoms with van der Waals surface area (Å²) in [5.74, 6) is -0.175. The van der Waals surface area contributed by atoms with Crippen molar-refractivity contribution in [3.8, 4) is 0 Å². The van der Waals surface area contributed by atoms with E-state index in [1.807, 2.05) is 26.3 Å². The van der Waals surface area contributed by atoms with Gasteiger partial charge in [-0.15, -0.1) is 0 Å². The van der Waals surface area contributed by atoms with Crippen molar-refractivity contribution in [1.29, 1.82) is 0 Å². The fraction of sp³-hybridized carbons (Fsp3) is 0.933. The van der Waals surface area contributed by atoms with Gasteiger partial charge in [0.15, 0.2) is 0 Å². The van der Waals surface area contributed by atoms with E-state index in [4.69, 9.17) is 5.73 Å². The third kappa shape index (κ3) is 11.6. The predicted octanol–water partition coefficient (Wildman–Crippen LogP) is 1.49. The Morgan fingerprint density at radius 2 is 1.38 bits per heavy atom. The Morgan fingerprint density at radius 1 is 0.905 bits per heavy atom. The van der Waals surface area contributed by atoms with Crippen molar-refractivity contribution in [2.75, 3.05) is 21.1 Å². The van der Waals surface area contributed by atoms with E-state index >= 15 is 0 Å². The standard InChI is InChI=1S/C15H35N5O/c1-17-15(20(18-2)19-3)13-11-9-7-5-4-6-8-10-12-14(16)21/h15,17-19H,4-13H2,1-3H3,(H2,16,21). The number of carbonyl (C=O) groups excluding carboxylic acids is 1. The summed E-state index contributed by atoms with van der Waals surface area (Å²) in [5, 5.41) is 5.29. The Balaban J connectivity index is 3.40. The number of nitrogens with one attached hydrogen (secondary N) is 3. The van der Waals surface area contributed by atoms with Crippen LogP contribution in [0.5, 0.6) is 0 Å². The van der Waals surface area contributed by atoms with Gasteiger partial charge in [0.25, 0.3) is 0 Å². The highest BCUT2D eigenvalue weighted by molar-refractivity contribution is 5.73. The quantitative estimate of drug-likeness (QED) is 0.209. The lowest BCUT2D eigenvalue weighted by molar-refractivity contribution is -0.118. The van der Waals surface area contributed by atoms with Crippen LogP contribution in [0, 0.1) is 0 Å². The lowest BCUT2D eigenvalue weighted by Gasteiger charge is -2.29. The fourth-order valence-electron chi connectivity index (χ4n) is 2.52. The van der Waals surface area contributed by atoms with E-state index in [0.29, 0.717) is 12.6 Å². The Labute approximate surface area is 130 Å². The van der Waals surface area contributed by atoms with Gasteiger partial charge in [-0.1, -0.05) is 44.9 Å². The normalized spacial score (nSPS) is 12.8. The number of unbranched alkanes of at least 4 members (excludes halogenated alkanes) is 7. The van der Waals surface area contributed by atoms with Crippen molar-refractivity contribution < 1.29 is 4.79 Å². The van der Waals surface area contributed by atoms with Gasteiger partial charge in [0.1, 0.15) is 0 Å². The van der Waals surface area contributed by atoms with Crippen LogP contribution in [0.15, 0.2) is 0 Å². The van der Waals surface area contributed by atoms with Crippen molar-refractivity contribution in [2.45, 2.75) is 70.4 Å². The van der Waals surface area contributed by atoms with Gasteiger partial charge in [0.05, 0.1) is 6.17 Å². The summed E-state index contributed by atoms with van der Waals surface area (Å²) < 4.78 is 0. The van der Waals surface area contributed by atoms with Crippen LogP contribution in [0.2, 0.25) is 0 Å². The van der Waals surface area contributed by atoms with Crippen LogP contribution in [0.25, 0.3) is 0 Å². The number of nitrogens with two attached hydrogens (primary N) is 1. The fourth-order valence-corrected chi connectivity index (χ4v) is 2.52. The van der Waals surface area contributed by atoms with Crippen LogP contribution in [0.3, 0.4) is 0 Å². The molecule has 6 nitrogen and oxygen atoms in total. The molecule has 0 aromatic rings. The molecule has 1 unspecified atom stereocenters. The summed E-state index contributed by atoms with van der Waals surface area (Å²) in [4.78, 5) is 10.6. The zero-order valence-corrected chi connectivity index (χ0v) is 14.1. The van der Waals surface area contributed by atoms with Gasteiger partial charge in [-0.2, -0.15) is 5.12 Å². The number of hydrogen-bond acceptors (Lipinski definition) is 5. The highest BCUT2D eigenvalue weighted by atomic mass is 16.1. The number of primary amides is 1. The highest BCUT2D eigenvalue weighted by Gasteiger charge is 2.12. The van der Waals surface area contributed by atoms with E-state index in [-0.39, 0.29) is 5.91 Å². The van der Waals surface area contributed by atoms with Crippen LogP contribution in [0.1, 0.15) is 64.2 Å². The van der Waals surface area contributed by atoms with E-state index in [0.717, 1.165) is 19.3 Å². The average Bonchev–Trinajstić information content (AvgIpc) is 2.47. The van der Waals surface area contributed by atoms with Gasteiger partial charge in [-0.05, 0) is 19.9 Å². The second kappa shape index (κ2) is 14.3. The second-order valence-corrected chi connectivity index (χ2v) is 5.46. The topological polar surface area (TPSA) is 82.4 Å². The zero-order valence-electron chi connectivity index (χ0n) is 14.1. The van der Waals surface area contributed by atoms with Crippen molar-refractivity contribution in [3.05, 3.63) is 0 Å². The zero-order chi connectivity index (χ0) is 15.9. The second-order valence-electron chi connectivity index (χ2n) is 5.46. The summed E-state index contributed by atoms with van der Waals surface area (Å²) in [7, 11) is 5.82. The molecule has 0 bridgehead atoms. The molecule has 0 aromatic heterocycles. The van der Waals surface area contributed by atoms with Gasteiger partial charge in [0.2, 0.25) is 5.91 Å². The first-order chi connectivity index (χ1) is 10.2. The number of hydrogen-bond donors (Lipinski definition) is 4. The molecule has 0 aromatic carbocycles. The number of carbonyl (C=O) groups is 1. The molecule has 0 aliphatic heterocycles. The first-order valence-corrected chi connectivity index (χ1v) is 8.25. The summed E-state index contributed by atoms with van der Waals surface area (Å²) >= 11 is 0. The van der Waals surface area contributed by atoms with Crippen molar-refractivity contribution in [2.24, 2.45) is 5.73 Å². The van der Waals surface area contributed by atoms with E-state index in [1.165, 1.54) is 38.5 Å². The minimum absolute atomic E-state index is 0.175. The van der Waals surface area contributed by atoms with Crippen LogP contribution in [0.4, 0.5) is 0 Å². The van der Waals surface area contributed by atoms with Gasteiger partial charge < -0.3 is 11.1 Å². The minimum Gasteiger partial charge on any atom is -0.370 e. The Bertz CT molecular complexity index is 246. The molecule has 0 fully saturated rings. The van der Waals surface area contributed by atoms with Gasteiger partial charge >= 0.3 is 0 Å². The Morgan fingerprint density at radius 3 is 1.81 bits per heavy atom. The Hall–Kier alpha value is -0.690. The van der Waals surface area contributed by atoms with Crippen molar-refractivity contribution in [3.63, 3.8) is 0 Å². The average molecular weight is 301 g/mol. The minimum atomic E-state index is -0.175. The van der Waals surface area contributed by atoms with Crippen LogP contribution in [-0.2, 0) is 4.79 Å². The lowest BCUT2D eigenvalue weighted by atomic mass is 10.1. The number of hydrazine groups is 2. The molecule has 0 aliphatic rings. The molecule has 0 saturated carbocycles. The van der Waals surface area contributed by atoms with E-state index in [1.54, 1.807) is 0 Å². The first kappa shape index (κ1) is 20.3. The van der Waals surface area contributed by atoms with E-state index < -0.39 is 0 Å². The SMILES string of the molecule is CNC(CCCCCCCCCCC(N)=O)N(NC)NC. The van der Waals surface area contributed by atoms with Crippen LogP contribution >= 0.6 is 0 Å². The summed E-state index contributed by atoms with van der Waals surface area (Å²) in [5.41, 5.74) is 11.3. The number of amides is 1. The molecule has 6 heteroatoms. The maximum Gasteiger partial charge on any atom is 0.217 e. The monoisotopic (exact) mass is 301 g/mol. The Kier molecular flexibility index (Phi) is 13.8. The summed E-state index contributed by atoms with van der Waals surface area (Å²) in [6, 6.07) is 0. The maximum absolute atomic E-state index is 10.6. The van der Waals surface area contributed by atoms with Gasteiger partial charge in [-0.3, -0.25) is 4.79 Å². The lowest BCUT2D eigenvalue weighted by Crippen LogP contribution is -2.55. The van der Waals surface area contributed by atoms with Crippen molar-refractivity contribution >= 4 is 5.91 Å². The van der Waals surface area contributed by atoms with Crippen molar-refractivity contribution in [1.82, 2.24) is 21.3 Å². The van der Waals surface area contributed by atoms with Crippen LogP contribution in [-0.4, -0.2) is 38.3 Å². The van der Waals surface area contributed by atoms with Gasteiger partial charge in [0, 0.05) is 20.5 Å². The smallest absolute Gasteiger partial charge is 0.217 e. The van der Waals surface area contributed by atoms with E-state index in [2.05, 4.69) is 16.2 Å². The van der Waals surface area contributed by atoms with E-state index in [9.17, 15) is 4.79 Å². The maximum atomic E-state index is 10.6. The molecule has 0 rings (SSSR count). The number of nitrogens with zero attached hydrogens (tertiary/aromatic N) is 1. The molecule has 0 spiro atoms. The van der Waals surface area contributed by atoms with Crippen LogP contribution < -0.4 is 21.9 Å². The molecule has 1 atom stereocenters. The van der Waals surface area contributed by atoms with Gasteiger partial charge in [-0.25, -0.2) is 10.9 Å². The predicted molar refractivity (Wildman–Crippen MR) is 88.2 cm³/mol. The first-order valence-electron chi connectivity index (χ1n) is 8.25. The third-order valence-corrected chi connectivity index (χ3v) is 3.78. The molecule has 21 heavy (non-hydrogen) atoms. The highest BCUT2D eigenvalue weighted by Crippen LogP contribution is 2.11. The third-order valence-electron chi connectivity index (χ3n) is 3.78. The molecule has 0 saturated heterocycles. The molecular formula is C15H35N5O. The molecule has 5 N–H and O–H groups in total. The molecule has 126 valence electrons. The molecule has 1 amide bonds. The number of rotatable bonds is 15.